The van der Waals surface area contributed by atoms with Crippen LogP contribution in [0, 0.1) is 12.7 Å². The molecule has 2 N–H and O–H groups in total. The number of aromatic nitrogens is 1. The lowest BCUT2D eigenvalue weighted by Gasteiger charge is -2.08. The summed E-state index contributed by atoms with van der Waals surface area (Å²) in [5.74, 6) is -1.47. The van der Waals surface area contributed by atoms with Gasteiger partial charge < -0.3 is 10.4 Å². The Morgan fingerprint density at radius 2 is 2.05 bits per heavy atom. The van der Waals surface area contributed by atoms with Crippen LogP contribution in [0.15, 0.2) is 36.7 Å². The van der Waals surface area contributed by atoms with Crippen molar-refractivity contribution in [3.05, 3.63) is 64.7 Å². The smallest absolute Gasteiger partial charge is 0.335 e. The molecule has 0 spiro atoms. The normalized spacial score (nSPS) is 10.5. The molecule has 0 aliphatic heterocycles. The van der Waals surface area contributed by atoms with Crippen LogP contribution in [-0.2, 0) is 13.1 Å². The Bertz CT molecular complexity index is 629. The number of pyridine rings is 1. The maximum atomic E-state index is 13.6. The van der Waals surface area contributed by atoms with Gasteiger partial charge in [-0.25, -0.2) is 9.18 Å². The van der Waals surface area contributed by atoms with E-state index in [1.165, 1.54) is 18.2 Å². The van der Waals surface area contributed by atoms with Crippen LogP contribution in [0.2, 0.25) is 0 Å². The SMILES string of the molecule is Cc1ccncc1CNCc1cc(C(=O)O)ccc1F. The van der Waals surface area contributed by atoms with Gasteiger partial charge in [0.1, 0.15) is 5.82 Å². The van der Waals surface area contributed by atoms with Crippen molar-refractivity contribution in [3.8, 4) is 0 Å². The Hall–Kier alpha value is -2.27. The summed E-state index contributed by atoms with van der Waals surface area (Å²) >= 11 is 0. The second-order valence-electron chi connectivity index (χ2n) is 4.52. The van der Waals surface area contributed by atoms with E-state index in [0.29, 0.717) is 12.1 Å². The molecule has 0 amide bonds. The lowest BCUT2D eigenvalue weighted by Crippen LogP contribution is -2.15. The van der Waals surface area contributed by atoms with Gasteiger partial charge >= 0.3 is 5.97 Å². The molecular formula is C15H15FN2O2. The van der Waals surface area contributed by atoms with E-state index in [1.807, 2.05) is 13.0 Å². The van der Waals surface area contributed by atoms with Gasteiger partial charge in [-0.2, -0.15) is 0 Å². The largest absolute Gasteiger partial charge is 0.478 e. The van der Waals surface area contributed by atoms with Crippen LogP contribution in [0.1, 0.15) is 27.0 Å². The average Bonchev–Trinajstić information content (AvgIpc) is 2.42. The predicted molar refractivity (Wildman–Crippen MR) is 72.9 cm³/mol. The number of aryl methyl sites for hydroxylation is 1. The Labute approximate surface area is 116 Å². The summed E-state index contributed by atoms with van der Waals surface area (Å²) in [5.41, 5.74) is 2.56. The number of nitrogens with one attached hydrogen (secondary N) is 1. The number of carboxylic acids is 1. The van der Waals surface area contributed by atoms with Crippen LogP contribution >= 0.6 is 0 Å². The Kier molecular flexibility index (Phi) is 4.42. The standard InChI is InChI=1S/C15H15FN2O2/c1-10-4-5-17-8-13(10)9-18-7-12-6-11(15(19)20)2-3-14(12)16/h2-6,8,18H,7,9H2,1H3,(H,19,20). The number of hydrogen-bond acceptors (Lipinski definition) is 3. The van der Waals surface area contributed by atoms with Gasteiger partial charge in [-0.05, 0) is 42.3 Å². The van der Waals surface area contributed by atoms with Crippen molar-refractivity contribution in [1.29, 1.82) is 0 Å². The molecule has 0 saturated heterocycles. The topological polar surface area (TPSA) is 62.2 Å². The second-order valence-corrected chi connectivity index (χ2v) is 4.52. The maximum absolute atomic E-state index is 13.6. The number of carbonyl (C=O) groups is 1. The molecule has 0 bridgehead atoms. The summed E-state index contributed by atoms with van der Waals surface area (Å²) in [4.78, 5) is 14.9. The zero-order valence-electron chi connectivity index (χ0n) is 11.1. The highest BCUT2D eigenvalue weighted by Crippen LogP contribution is 2.11. The number of halogens is 1. The van der Waals surface area contributed by atoms with Gasteiger partial charge in [0.15, 0.2) is 0 Å². The summed E-state index contributed by atoms with van der Waals surface area (Å²) < 4.78 is 13.6. The van der Waals surface area contributed by atoms with Gasteiger partial charge in [-0.3, -0.25) is 4.98 Å². The number of benzene rings is 1. The van der Waals surface area contributed by atoms with Crippen LogP contribution in [-0.4, -0.2) is 16.1 Å². The third-order valence-corrected chi connectivity index (χ3v) is 3.07. The Morgan fingerprint density at radius 3 is 2.75 bits per heavy atom. The molecule has 0 aliphatic carbocycles. The summed E-state index contributed by atoms with van der Waals surface area (Å²) in [5, 5.41) is 12.0. The summed E-state index contributed by atoms with van der Waals surface area (Å²) in [7, 11) is 0. The van der Waals surface area contributed by atoms with E-state index in [-0.39, 0.29) is 12.1 Å². The van der Waals surface area contributed by atoms with E-state index in [1.54, 1.807) is 12.4 Å². The molecule has 104 valence electrons. The predicted octanol–water partition coefficient (Wildman–Crippen LogP) is 2.52. The third kappa shape index (κ3) is 3.39. The van der Waals surface area contributed by atoms with Crippen molar-refractivity contribution < 1.29 is 14.3 Å². The van der Waals surface area contributed by atoms with Gasteiger partial charge in [-0.1, -0.05) is 0 Å². The van der Waals surface area contributed by atoms with Crippen molar-refractivity contribution in [2.24, 2.45) is 0 Å². The molecule has 2 aromatic rings. The van der Waals surface area contributed by atoms with E-state index >= 15 is 0 Å². The first kappa shape index (κ1) is 14.1. The molecule has 20 heavy (non-hydrogen) atoms. The number of rotatable bonds is 5. The van der Waals surface area contributed by atoms with Gasteiger partial charge in [0.25, 0.3) is 0 Å². The van der Waals surface area contributed by atoms with E-state index in [9.17, 15) is 9.18 Å². The molecule has 5 heteroatoms. The Morgan fingerprint density at radius 1 is 1.30 bits per heavy atom. The first-order chi connectivity index (χ1) is 9.58. The summed E-state index contributed by atoms with van der Waals surface area (Å²) in [6.07, 6.45) is 3.47. The molecule has 1 aromatic heterocycles. The van der Waals surface area contributed by atoms with Gasteiger partial charge in [-0.15, -0.1) is 0 Å². The molecule has 2 rings (SSSR count). The zero-order chi connectivity index (χ0) is 14.5. The minimum Gasteiger partial charge on any atom is -0.478 e. The molecule has 4 nitrogen and oxygen atoms in total. The fraction of sp³-hybridized carbons (Fsp3) is 0.200. The number of nitrogens with zero attached hydrogens (tertiary/aromatic N) is 1. The minimum atomic E-state index is -1.06. The maximum Gasteiger partial charge on any atom is 0.335 e. The third-order valence-electron chi connectivity index (χ3n) is 3.07. The first-order valence-electron chi connectivity index (χ1n) is 6.20. The minimum absolute atomic E-state index is 0.0840. The Balaban J connectivity index is 2.02. The monoisotopic (exact) mass is 274 g/mol. The van der Waals surface area contributed by atoms with Crippen molar-refractivity contribution in [1.82, 2.24) is 10.3 Å². The molecule has 1 aromatic carbocycles. The summed E-state index contributed by atoms with van der Waals surface area (Å²) in [6, 6.07) is 5.69. The highest BCUT2D eigenvalue weighted by Gasteiger charge is 2.08. The van der Waals surface area contributed by atoms with E-state index < -0.39 is 11.8 Å². The zero-order valence-corrected chi connectivity index (χ0v) is 11.1. The van der Waals surface area contributed by atoms with Crippen LogP contribution in [0.3, 0.4) is 0 Å². The van der Waals surface area contributed by atoms with Crippen LogP contribution in [0.4, 0.5) is 4.39 Å². The molecule has 0 atom stereocenters. The number of carboxylic acid groups (broad SMARTS) is 1. The average molecular weight is 274 g/mol. The fourth-order valence-corrected chi connectivity index (χ4v) is 1.86. The highest BCUT2D eigenvalue weighted by molar-refractivity contribution is 5.87. The van der Waals surface area contributed by atoms with Crippen molar-refractivity contribution in [2.75, 3.05) is 0 Å². The van der Waals surface area contributed by atoms with Crippen molar-refractivity contribution in [2.45, 2.75) is 20.0 Å². The van der Waals surface area contributed by atoms with Crippen LogP contribution < -0.4 is 5.32 Å². The van der Waals surface area contributed by atoms with Gasteiger partial charge in [0.05, 0.1) is 5.56 Å². The number of aromatic carboxylic acids is 1. The van der Waals surface area contributed by atoms with Crippen LogP contribution in [0.5, 0.6) is 0 Å². The van der Waals surface area contributed by atoms with Gasteiger partial charge in [0.2, 0.25) is 0 Å². The van der Waals surface area contributed by atoms with Crippen molar-refractivity contribution in [3.63, 3.8) is 0 Å². The van der Waals surface area contributed by atoms with Crippen LogP contribution in [0.25, 0.3) is 0 Å². The van der Waals surface area contributed by atoms with Gasteiger partial charge in [0, 0.05) is 31.0 Å². The van der Waals surface area contributed by atoms with Crippen molar-refractivity contribution >= 4 is 5.97 Å². The highest BCUT2D eigenvalue weighted by atomic mass is 19.1. The molecule has 1 heterocycles. The first-order valence-corrected chi connectivity index (χ1v) is 6.20. The van der Waals surface area contributed by atoms with E-state index in [2.05, 4.69) is 10.3 Å². The van der Waals surface area contributed by atoms with E-state index in [4.69, 9.17) is 5.11 Å². The molecule has 0 aliphatic rings. The number of hydrogen-bond donors (Lipinski definition) is 2. The molecule has 0 saturated carbocycles. The second kappa shape index (κ2) is 6.25. The van der Waals surface area contributed by atoms with E-state index in [0.717, 1.165) is 11.1 Å². The molecule has 0 unspecified atom stereocenters. The molecule has 0 radical (unpaired) electrons. The molecular weight excluding hydrogens is 259 g/mol. The fourth-order valence-electron chi connectivity index (χ4n) is 1.86. The quantitative estimate of drug-likeness (QED) is 0.879. The summed E-state index contributed by atoms with van der Waals surface area (Å²) in [6.45, 7) is 2.79. The molecule has 0 fully saturated rings. The lowest BCUT2D eigenvalue weighted by atomic mass is 10.1. The lowest BCUT2D eigenvalue weighted by molar-refractivity contribution is 0.0696.